The Balaban J connectivity index is 1.92. The summed E-state index contributed by atoms with van der Waals surface area (Å²) in [5.41, 5.74) is 15.1. The van der Waals surface area contributed by atoms with Crippen molar-refractivity contribution in [1.82, 2.24) is 0 Å². The van der Waals surface area contributed by atoms with E-state index >= 15 is 0 Å². The summed E-state index contributed by atoms with van der Waals surface area (Å²) in [7, 11) is 0. The smallest absolute Gasteiger partial charge is 0.323 e. The Bertz CT molecular complexity index is 927. The lowest BCUT2D eigenvalue weighted by atomic mass is 10.0. The molecule has 1 atom stereocenters. The van der Waals surface area contributed by atoms with Gasteiger partial charge in [-0.25, -0.2) is 4.79 Å². The third-order valence-corrected chi connectivity index (χ3v) is 4.40. The molecule has 0 radical (unpaired) electrons. The van der Waals surface area contributed by atoms with E-state index in [1.54, 1.807) is 19.1 Å². The highest BCUT2D eigenvalue weighted by Crippen LogP contribution is 2.19. The summed E-state index contributed by atoms with van der Waals surface area (Å²) in [5, 5.41) is 12.8. The molecule has 0 aromatic heterocycles. The molecule has 2 aromatic rings. The minimum atomic E-state index is -0.325. The van der Waals surface area contributed by atoms with Crippen LogP contribution in [0, 0.1) is 5.41 Å². The van der Waals surface area contributed by atoms with Crippen LogP contribution in [-0.2, 0) is 0 Å². The van der Waals surface area contributed by atoms with Crippen LogP contribution in [0.25, 0.3) is 0 Å². The molecule has 0 heterocycles. The first kappa shape index (κ1) is 22.6. The number of amides is 2. The van der Waals surface area contributed by atoms with Crippen molar-refractivity contribution in [1.29, 1.82) is 5.41 Å². The van der Waals surface area contributed by atoms with Gasteiger partial charge in [0.05, 0.1) is 12.4 Å². The number of nitrogens with zero attached hydrogens (tertiary/aromatic N) is 2. The zero-order valence-electron chi connectivity index (χ0n) is 17.6. The van der Waals surface area contributed by atoms with Gasteiger partial charge in [0, 0.05) is 29.5 Å². The van der Waals surface area contributed by atoms with Gasteiger partial charge in [-0.05, 0) is 49.2 Å². The third-order valence-electron chi connectivity index (χ3n) is 4.40. The van der Waals surface area contributed by atoms with Crippen LogP contribution < -0.4 is 22.1 Å². The number of anilines is 2. The number of hydrogen-bond donors (Lipinski definition) is 5. The predicted molar refractivity (Wildman–Crippen MR) is 125 cm³/mol. The van der Waals surface area contributed by atoms with Gasteiger partial charge in [0.1, 0.15) is 5.84 Å². The van der Waals surface area contributed by atoms with Gasteiger partial charge in [-0.3, -0.25) is 15.4 Å². The highest BCUT2D eigenvalue weighted by Gasteiger charge is 2.07. The first-order valence-corrected chi connectivity index (χ1v) is 9.63. The molecule has 0 spiro atoms. The predicted octanol–water partition coefficient (Wildman–Crippen LogP) is 3.56. The molecule has 7 N–H and O–H groups in total. The summed E-state index contributed by atoms with van der Waals surface area (Å²) >= 11 is 0. The molecule has 2 aromatic carbocycles. The number of benzene rings is 2. The molecule has 0 fully saturated rings. The lowest BCUT2D eigenvalue weighted by Gasteiger charge is -2.12. The van der Waals surface area contributed by atoms with Crippen molar-refractivity contribution in [3.05, 3.63) is 59.7 Å². The monoisotopic (exact) mass is 407 g/mol. The summed E-state index contributed by atoms with van der Waals surface area (Å²) in [5.74, 6) is 0.835. The maximum atomic E-state index is 12.3. The van der Waals surface area contributed by atoms with Crippen molar-refractivity contribution < 1.29 is 4.79 Å². The number of urea groups is 1. The maximum absolute atomic E-state index is 12.3. The number of hydrogen-bond acceptors (Lipinski definition) is 4. The van der Waals surface area contributed by atoms with E-state index in [1.807, 2.05) is 43.3 Å². The quantitative estimate of drug-likeness (QED) is 0.337. The van der Waals surface area contributed by atoms with Gasteiger partial charge >= 0.3 is 6.03 Å². The van der Waals surface area contributed by atoms with Crippen LogP contribution in [0.3, 0.4) is 0 Å². The standard InChI is InChI=1S/C22H29N7O/c1-14(12-27-16(3)23)17-4-8-19(9-5-17)28-22(30)29-20-10-6-18(7-11-20)15(2)26-13-21(24)25/h4-11,14H,12-13H2,1-3H3,(H2,23,27)(H3,24,25)(H2,28,29,30). The Morgan fingerprint density at radius 1 is 0.967 bits per heavy atom. The number of nitrogens with two attached hydrogens (primary N) is 2. The molecule has 0 bridgehead atoms. The maximum Gasteiger partial charge on any atom is 0.323 e. The van der Waals surface area contributed by atoms with E-state index in [0.29, 0.717) is 23.8 Å². The number of amidine groups is 2. The third kappa shape index (κ3) is 7.38. The van der Waals surface area contributed by atoms with Crippen LogP contribution in [0.5, 0.6) is 0 Å². The van der Waals surface area contributed by atoms with Crippen molar-refractivity contribution in [3.63, 3.8) is 0 Å². The summed E-state index contributed by atoms with van der Waals surface area (Å²) in [6.45, 7) is 6.51. The van der Waals surface area contributed by atoms with E-state index in [-0.39, 0.29) is 24.3 Å². The molecule has 0 aliphatic rings. The first-order chi connectivity index (χ1) is 14.2. The van der Waals surface area contributed by atoms with Gasteiger partial charge in [0.25, 0.3) is 0 Å². The SMILES string of the molecule is CC(N)=NCC(C)c1ccc(NC(=O)Nc2ccc(C(C)=NCC(=N)N)cc2)cc1. The first-order valence-electron chi connectivity index (χ1n) is 9.63. The molecule has 30 heavy (non-hydrogen) atoms. The van der Waals surface area contributed by atoms with Crippen LogP contribution >= 0.6 is 0 Å². The number of carbonyl (C=O) groups is 1. The van der Waals surface area contributed by atoms with E-state index in [2.05, 4.69) is 27.5 Å². The Morgan fingerprint density at radius 3 is 2.00 bits per heavy atom. The Hall–Kier alpha value is -3.68. The minimum absolute atomic E-state index is 0.0194. The molecule has 0 saturated carbocycles. The molecule has 8 heteroatoms. The average Bonchev–Trinajstić information content (AvgIpc) is 2.71. The molecule has 0 saturated heterocycles. The number of aliphatic imine (C=N–C) groups is 2. The lowest BCUT2D eigenvalue weighted by molar-refractivity contribution is 0.262. The molecule has 2 amide bonds. The topological polar surface area (TPSA) is 142 Å². The Kier molecular flexibility index (Phi) is 8.10. The molecule has 1 unspecified atom stereocenters. The van der Waals surface area contributed by atoms with Crippen molar-refractivity contribution in [2.75, 3.05) is 23.7 Å². The van der Waals surface area contributed by atoms with Gasteiger partial charge in [-0.15, -0.1) is 0 Å². The van der Waals surface area contributed by atoms with Crippen LogP contribution in [0.15, 0.2) is 58.5 Å². The molecule has 8 nitrogen and oxygen atoms in total. The molecule has 0 aliphatic carbocycles. The fourth-order valence-electron chi connectivity index (χ4n) is 2.66. The van der Waals surface area contributed by atoms with E-state index in [0.717, 1.165) is 16.8 Å². The fourth-order valence-corrected chi connectivity index (χ4v) is 2.66. The van der Waals surface area contributed by atoms with Gasteiger partial charge in [-0.2, -0.15) is 0 Å². The molecule has 0 aliphatic heterocycles. The zero-order chi connectivity index (χ0) is 22.1. The number of nitrogens with one attached hydrogen (secondary N) is 3. The van der Waals surface area contributed by atoms with Gasteiger partial charge in [0.2, 0.25) is 0 Å². The van der Waals surface area contributed by atoms with Gasteiger partial charge < -0.3 is 22.1 Å². The van der Waals surface area contributed by atoms with Crippen LogP contribution in [0.4, 0.5) is 16.2 Å². The number of rotatable bonds is 8. The molecular formula is C22H29N7O. The summed E-state index contributed by atoms with van der Waals surface area (Å²) in [6, 6.07) is 14.7. The van der Waals surface area contributed by atoms with E-state index < -0.39 is 0 Å². The lowest BCUT2D eigenvalue weighted by Crippen LogP contribution is -2.19. The normalized spacial score (nSPS) is 12.9. The Labute approximate surface area is 177 Å². The average molecular weight is 408 g/mol. The van der Waals surface area contributed by atoms with Gasteiger partial charge in [0.15, 0.2) is 0 Å². The molecular weight excluding hydrogens is 378 g/mol. The van der Waals surface area contributed by atoms with E-state index in [1.165, 1.54) is 0 Å². The highest BCUT2D eigenvalue weighted by molar-refractivity contribution is 6.02. The van der Waals surface area contributed by atoms with Gasteiger partial charge in [-0.1, -0.05) is 31.2 Å². The largest absolute Gasteiger partial charge is 0.388 e. The van der Waals surface area contributed by atoms with Crippen molar-refractivity contribution in [3.8, 4) is 0 Å². The second-order valence-corrected chi connectivity index (χ2v) is 7.09. The summed E-state index contributed by atoms with van der Waals surface area (Å²) in [6.07, 6.45) is 0. The van der Waals surface area contributed by atoms with Crippen molar-refractivity contribution >= 4 is 34.8 Å². The number of carbonyl (C=O) groups excluding carboxylic acids is 1. The summed E-state index contributed by atoms with van der Waals surface area (Å²) < 4.78 is 0. The van der Waals surface area contributed by atoms with Crippen LogP contribution in [-0.4, -0.2) is 36.5 Å². The van der Waals surface area contributed by atoms with Crippen molar-refractivity contribution in [2.24, 2.45) is 21.5 Å². The van der Waals surface area contributed by atoms with E-state index in [4.69, 9.17) is 16.9 Å². The minimum Gasteiger partial charge on any atom is -0.388 e. The van der Waals surface area contributed by atoms with Crippen molar-refractivity contribution in [2.45, 2.75) is 26.7 Å². The van der Waals surface area contributed by atoms with E-state index in [9.17, 15) is 4.79 Å². The van der Waals surface area contributed by atoms with Crippen LogP contribution in [0.2, 0.25) is 0 Å². The molecule has 2 rings (SSSR count). The zero-order valence-corrected chi connectivity index (χ0v) is 17.6. The second-order valence-electron chi connectivity index (χ2n) is 7.09. The second kappa shape index (κ2) is 10.8. The highest BCUT2D eigenvalue weighted by atomic mass is 16.2. The fraction of sp³-hybridized carbons (Fsp3) is 0.273. The van der Waals surface area contributed by atoms with Crippen LogP contribution in [0.1, 0.15) is 37.8 Å². The molecule has 158 valence electrons. The summed E-state index contributed by atoms with van der Waals surface area (Å²) in [4.78, 5) is 20.7. The Morgan fingerprint density at radius 2 is 1.50 bits per heavy atom.